The monoisotopic (exact) mass is 346 g/mol. The summed E-state index contributed by atoms with van der Waals surface area (Å²) in [5, 5.41) is 6.12. The van der Waals surface area contributed by atoms with Crippen molar-refractivity contribution in [2.45, 2.75) is 26.3 Å². The van der Waals surface area contributed by atoms with E-state index in [1.807, 2.05) is 0 Å². The van der Waals surface area contributed by atoms with Crippen LogP contribution in [0.3, 0.4) is 0 Å². The van der Waals surface area contributed by atoms with E-state index >= 15 is 0 Å². The number of hydrogen-bond donors (Lipinski definition) is 2. The Labute approximate surface area is 117 Å². The summed E-state index contributed by atoms with van der Waals surface area (Å²) in [7, 11) is 0. The van der Waals surface area contributed by atoms with Crippen molar-refractivity contribution in [2.75, 3.05) is 13.1 Å². The largest absolute Gasteiger partial charge is 0.356 e. The van der Waals surface area contributed by atoms with E-state index in [0.29, 0.717) is 6.42 Å². The van der Waals surface area contributed by atoms with Gasteiger partial charge in [-0.3, -0.25) is 4.79 Å². The van der Waals surface area contributed by atoms with Gasteiger partial charge in [-0.15, -0.1) is 0 Å². The van der Waals surface area contributed by atoms with Gasteiger partial charge in [0, 0.05) is 29.6 Å². The molecular weight excluding hydrogens is 327 g/mol. The van der Waals surface area contributed by atoms with Gasteiger partial charge in [0.1, 0.15) is 0 Å². The van der Waals surface area contributed by atoms with Crippen LogP contribution in [-0.4, -0.2) is 19.0 Å². The highest BCUT2D eigenvalue weighted by atomic mass is 127. The maximum Gasteiger partial charge on any atom is 0.221 e. The molecule has 0 saturated heterocycles. The summed E-state index contributed by atoms with van der Waals surface area (Å²) in [6, 6.07) is 8.38. The van der Waals surface area contributed by atoms with Gasteiger partial charge in [0.25, 0.3) is 0 Å². The molecule has 2 N–H and O–H groups in total. The van der Waals surface area contributed by atoms with Gasteiger partial charge in [0.05, 0.1) is 0 Å². The molecule has 0 heterocycles. The van der Waals surface area contributed by atoms with Crippen LogP contribution in [0, 0.1) is 3.57 Å². The van der Waals surface area contributed by atoms with Gasteiger partial charge in [-0.05, 0) is 46.7 Å². The Morgan fingerprint density at radius 2 is 1.94 bits per heavy atom. The molecule has 94 valence electrons. The van der Waals surface area contributed by atoms with Gasteiger partial charge in [-0.2, -0.15) is 0 Å². The van der Waals surface area contributed by atoms with Gasteiger partial charge in [0.15, 0.2) is 0 Å². The zero-order valence-electron chi connectivity index (χ0n) is 10.1. The Morgan fingerprint density at radius 3 is 2.59 bits per heavy atom. The molecule has 0 atom stereocenters. The first kappa shape index (κ1) is 14.4. The van der Waals surface area contributed by atoms with Crippen LogP contribution in [0.25, 0.3) is 0 Å². The minimum Gasteiger partial charge on any atom is -0.356 e. The number of rotatable bonds is 7. The van der Waals surface area contributed by atoms with Gasteiger partial charge >= 0.3 is 0 Å². The van der Waals surface area contributed by atoms with Crippen molar-refractivity contribution in [3.8, 4) is 0 Å². The fourth-order valence-corrected chi connectivity index (χ4v) is 1.75. The third kappa shape index (κ3) is 6.63. The summed E-state index contributed by atoms with van der Waals surface area (Å²) < 4.78 is 1.24. The fourth-order valence-electron chi connectivity index (χ4n) is 1.39. The van der Waals surface area contributed by atoms with Crippen LogP contribution in [0.5, 0.6) is 0 Å². The van der Waals surface area contributed by atoms with E-state index in [4.69, 9.17) is 0 Å². The fraction of sp³-hybridized carbons (Fsp3) is 0.462. The molecule has 17 heavy (non-hydrogen) atoms. The van der Waals surface area contributed by atoms with E-state index in [9.17, 15) is 4.79 Å². The average molecular weight is 346 g/mol. The lowest BCUT2D eigenvalue weighted by atomic mass is 10.2. The van der Waals surface area contributed by atoms with Crippen LogP contribution in [-0.2, 0) is 11.3 Å². The van der Waals surface area contributed by atoms with Gasteiger partial charge in [0.2, 0.25) is 5.91 Å². The minimum atomic E-state index is 0.127. The van der Waals surface area contributed by atoms with Crippen molar-refractivity contribution in [2.24, 2.45) is 0 Å². The standard InChI is InChI=1S/C13H19IN2O/c1-2-8-16-13(17)7-9-15-10-11-3-5-12(14)6-4-11/h3-6,15H,2,7-10H2,1H3,(H,16,17). The maximum absolute atomic E-state index is 11.3. The molecule has 0 aliphatic carbocycles. The third-order valence-electron chi connectivity index (χ3n) is 2.34. The number of hydrogen-bond acceptors (Lipinski definition) is 2. The molecule has 0 bridgehead atoms. The molecule has 1 aromatic carbocycles. The molecule has 0 aromatic heterocycles. The summed E-state index contributed by atoms with van der Waals surface area (Å²) in [5.41, 5.74) is 1.25. The van der Waals surface area contributed by atoms with E-state index in [-0.39, 0.29) is 5.91 Å². The number of carbonyl (C=O) groups is 1. The van der Waals surface area contributed by atoms with Gasteiger partial charge in [-0.25, -0.2) is 0 Å². The highest BCUT2D eigenvalue weighted by molar-refractivity contribution is 14.1. The minimum absolute atomic E-state index is 0.127. The van der Waals surface area contributed by atoms with Crippen molar-refractivity contribution in [3.63, 3.8) is 0 Å². The molecule has 4 heteroatoms. The predicted molar refractivity (Wildman–Crippen MR) is 78.8 cm³/mol. The molecule has 3 nitrogen and oxygen atoms in total. The van der Waals surface area contributed by atoms with Crippen LogP contribution in [0.4, 0.5) is 0 Å². The van der Waals surface area contributed by atoms with Crippen molar-refractivity contribution in [3.05, 3.63) is 33.4 Å². The average Bonchev–Trinajstić information content (AvgIpc) is 2.34. The maximum atomic E-state index is 11.3. The molecule has 0 aliphatic heterocycles. The lowest BCUT2D eigenvalue weighted by Gasteiger charge is -2.06. The molecule has 0 spiro atoms. The van der Waals surface area contributed by atoms with E-state index in [2.05, 4.69) is 64.4 Å². The highest BCUT2D eigenvalue weighted by Gasteiger charge is 1.99. The first-order valence-electron chi connectivity index (χ1n) is 5.94. The van der Waals surface area contributed by atoms with E-state index in [0.717, 1.165) is 26.1 Å². The normalized spacial score (nSPS) is 10.2. The first-order chi connectivity index (χ1) is 8.22. The molecule has 1 amide bonds. The number of benzene rings is 1. The van der Waals surface area contributed by atoms with Crippen molar-refractivity contribution in [1.82, 2.24) is 10.6 Å². The van der Waals surface area contributed by atoms with E-state index in [1.165, 1.54) is 9.13 Å². The number of halogens is 1. The summed E-state index contributed by atoms with van der Waals surface area (Å²) in [4.78, 5) is 11.3. The molecular formula is C13H19IN2O. The van der Waals surface area contributed by atoms with Crippen molar-refractivity contribution >= 4 is 28.5 Å². The van der Waals surface area contributed by atoms with Crippen LogP contribution in [0.1, 0.15) is 25.3 Å². The molecule has 0 aliphatic rings. The van der Waals surface area contributed by atoms with Crippen LogP contribution >= 0.6 is 22.6 Å². The quantitative estimate of drug-likeness (QED) is 0.588. The zero-order valence-corrected chi connectivity index (χ0v) is 12.3. The number of carbonyl (C=O) groups excluding carboxylic acids is 1. The Bertz CT molecular complexity index is 338. The number of nitrogens with one attached hydrogen (secondary N) is 2. The Hall–Kier alpha value is -0.620. The summed E-state index contributed by atoms with van der Waals surface area (Å²) in [5.74, 6) is 0.127. The topological polar surface area (TPSA) is 41.1 Å². The summed E-state index contributed by atoms with van der Waals surface area (Å²) >= 11 is 2.29. The van der Waals surface area contributed by atoms with Crippen molar-refractivity contribution in [1.29, 1.82) is 0 Å². The smallest absolute Gasteiger partial charge is 0.221 e. The second-order valence-electron chi connectivity index (χ2n) is 3.90. The van der Waals surface area contributed by atoms with Gasteiger partial charge < -0.3 is 10.6 Å². The Balaban J connectivity index is 2.11. The molecule has 1 rings (SSSR count). The molecule has 0 unspecified atom stereocenters. The summed E-state index contributed by atoms with van der Waals surface area (Å²) in [6.45, 7) is 4.37. The van der Waals surface area contributed by atoms with Crippen LogP contribution in [0.15, 0.2) is 24.3 Å². The lowest BCUT2D eigenvalue weighted by molar-refractivity contribution is -0.120. The SMILES string of the molecule is CCCNC(=O)CCNCc1ccc(I)cc1. The molecule has 1 aromatic rings. The van der Waals surface area contributed by atoms with E-state index < -0.39 is 0 Å². The van der Waals surface area contributed by atoms with E-state index in [1.54, 1.807) is 0 Å². The second-order valence-corrected chi connectivity index (χ2v) is 5.15. The van der Waals surface area contributed by atoms with Gasteiger partial charge in [-0.1, -0.05) is 19.1 Å². The van der Waals surface area contributed by atoms with Crippen LogP contribution < -0.4 is 10.6 Å². The van der Waals surface area contributed by atoms with Crippen LogP contribution in [0.2, 0.25) is 0 Å². The highest BCUT2D eigenvalue weighted by Crippen LogP contribution is 2.06. The predicted octanol–water partition coefficient (Wildman–Crippen LogP) is 2.30. The lowest BCUT2D eigenvalue weighted by Crippen LogP contribution is -2.27. The second kappa shape index (κ2) is 8.47. The Morgan fingerprint density at radius 1 is 1.24 bits per heavy atom. The van der Waals surface area contributed by atoms with Crippen molar-refractivity contribution < 1.29 is 4.79 Å². The third-order valence-corrected chi connectivity index (χ3v) is 3.06. The zero-order chi connectivity index (χ0) is 12.5. The number of amides is 1. The molecule has 0 radical (unpaired) electrons. The molecule has 0 saturated carbocycles. The first-order valence-corrected chi connectivity index (χ1v) is 7.02. The summed E-state index contributed by atoms with van der Waals surface area (Å²) in [6.07, 6.45) is 1.53. The Kier molecular flexibility index (Phi) is 7.19. The molecule has 0 fully saturated rings.